The Morgan fingerprint density at radius 1 is 1.47 bits per heavy atom. The van der Waals surface area contributed by atoms with Crippen LogP contribution in [0.2, 0.25) is 0 Å². The van der Waals surface area contributed by atoms with Gasteiger partial charge in [-0.05, 0) is 23.8 Å². The molecule has 1 saturated heterocycles. The van der Waals surface area contributed by atoms with Gasteiger partial charge in [-0.3, -0.25) is 9.59 Å². The number of aromatic amines is 1. The molecule has 0 spiro atoms. The molecule has 0 saturated carbocycles. The molecule has 1 amide bonds. The van der Waals surface area contributed by atoms with Crippen LogP contribution in [0.4, 0.5) is 5.82 Å². The standard InChI is InChI=1S/C11H13N3O5/c15-10(8-3-4-9(12-8)14(18)19)13-5-1-2-7(6-13)11(16)17/h3-4,7,12H,1-2,5-6H2,(H,16,17)/t7-/m1/s1. The van der Waals surface area contributed by atoms with Crippen LogP contribution in [-0.4, -0.2) is 44.9 Å². The summed E-state index contributed by atoms with van der Waals surface area (Å²) in [4.78, 5) is 36.7. The lowest BCUT2D eigenvalue weighted by Gasteiger charge is -2.29. The van der Waals surface area contributed by atoms with E-state index >= 15 is 0 Å². The SMILES string of the molecule is O=C(O)[C@@H]1CCCN(C(=O)c2ccc([N+](=O)[O-])[nH]2)C1. The van der Waals surface area contributed by atoms with Gasteiger partial charge in [-0.15, -0.1) is 0 Å². The molecule has 2 heterocycles. The highest BCUT2D eigenvalue weighted by Gasteiger charge is 2.30. The Labute approximate surface area is 108 Å². The summed E-state index contributed by atoms with van der Waals surface area (Å²) in [6.45, 7) is 0.608. The van der Waals surface area contributed by atoms with Crippen LogP contribution in [0, 0.1) is 16.0 Å². The molecule has 1 aliphatic rings. The summed E-state index contributed by atoms with van der Waals surface area (Å²) < 4.78 is 0. The first kappa shape index (κ1) is 13.1. The van der Waals surface area contributed by atoms with Crippen LogP contribution in [0.3, 0.4) is 0 Å². The van der Waals surface area contributed by atoms with Crippen LogP contribution in [0.5, 0.6) is 0 Å². The fraction of sp³-hybridized carbons (Fsp3) is 0.455. The number of H-pyrrole nitrogens is 1. The van der Waals surface area contributed by atoms with Gasteiger partial charge in [0, 0.05) is 19.2 Å². The van der Waals surface area contributed by atoms with E-state index in [0.29, 0.717) is 19.4 Å². The third-order valence-corrected chi connectivity index (χ3v) is 3.16. The largest absolute Gasteiger partial charge is 0.481 e. The zero-order valence-electron chi connectivity index (χ0n) is 10.0. The molecule has 19 heavy (non-hydrogen) atoms. The van der Waals surface area contributed by atoms with Gasteiger partial charge in [-0.1, -0.05) is 0 Å². The number of carboxylic acids is 1. The van der Waals surface area contributed by atoms with Crippen LogP contribution < -0.4 is 0 Å². The maximum absolute atomic E-state index is 12.1. The number of carbonyl (C=O) groups is 2. The van der Waals surface area contributed by atoms with E-state index < -0.39 is 22.7 Å². The zero-order valence-corrected chi connectivity index (χ0v) is 10.0. The molecular weight excluding hydrogens is 254 g/mol. The number of amides is 1. The van der Waals surface area contributed by atoms with Crippen molar-refractivity contribution in [3.8, 4) is 0 Å². The first-order valence-corrected chi connectivity index (χ1v) is 5.84. The lowest BCUT2D eigenvalue weighted by atomic mass is 9.98. The Bertz CT molecular complexity index is 524. The molecule has 0 radical (unpaired) electrons. The Kier molecular flexibility index (Phi) is 3.50. The number of hydrogen-bond acceptors (Lipinski definition) is 4. The second-order valence-electron chi connectivity index (χ2n) is 4.44. The molecule has 0 aliphatic carbocycles. The minimum absolute atomic E-state index is 0.109. The van der Waals surface area contributed by atoms with Gasteiger partial charge in [-0.2, -0.15) is 0 Å². The molecule has 1 fully saturated rings. The molecular formula is C11H13N3O5. The predicted molar refractivity (Wildman–Crippen MR) is 63.7 cm³/mol. The van der Waals surface area contributed by atoms with Gasteiger partial charge in [0.05, 0.1) is 5.92 Å². The van der Waals surface area contributed by atoms with Crippen LogP contribution in [0.25, 0.3) is 0 Å². The van der Waals surface area contributed by atoms with E-state index in [9.17, 15) is 19.7 Å². The second kappa shape index (κ2) is 5.09. The highest BCUT2D eigenvalue weighted by Crippen LogP contribution is 2.19. The van der Waals surface area contributed by atoms with E-state index in [2.05, 4.69) is 4.98 Å². The first-order valence-electron chi connectivity index (χ1n) is 5.84. The maximum Gasteiger partial charge on any atom is 0.321 e. The van der Waals surface area contributed by atoms with E-state index in [4.69, 9.17) is 5.11 Å². The maximum atomic E-state index is 12.1. The van der Waals surface area contributed by atoms with E-state index in [0.717, 1.165) is 0 Å². The lowest BCUT2D eigenvalue weighted by molar-refractivity contribution is -0.389. The number of carbonyl (C=O) groups excluding carboxylic acids is 1. The van der Waals surface area contributed by atoms with Crippen LogP contribution in [-0.2, 0) is 4.79 Å². The van der Waals surface area contributed by atoms with Gasteiger partial charge in [0.15, 0.2) is 5.69 Å². The van der Waals surface area contributed by atoms with Gasteiger partial charge in [-0.25, -0.2) is 4.98 Å². The molecule has 1 aromatic heterocycles. The summed E-state index contributed by atoms with van der Waals surface area (Å²) in [7, 11) is 0. The van der Waals surface area contributed by atoms with Gasteiger partial charge >= 0.3 is 11.8 Å². The summed E-state index contributed by atoms with van der Waals surface area (Å²) >= 11 is 0. The minimum Gasteiger partial charge on any atom is -0.481 e. The number of likely N-dealkylation sites (tertiary alicyclic amines) is 1. The summed E-state index contributed by atoms with van der Waals surface area (Å²) in [6, 6.07) is 2.55. The molecule has 2 rings (SSSR count). The summed E-state index contributed by atoms with van der Waals surface area (Å²) in [5.41, 5.74) is 0.109. The molecule has 2 N–H and O–H groups in total. The molecule has 0 aromatic carbocycles. The van der Waals surface area contributed by atoms with Crippen molar-refractivity contribution >= 4 is 17.7 Å². The first-order chi connectivity index (χ1) is 8.99. The number of nitrogens with zero attached hydrogens (tertiary/aromatic N) is 2. The molecule has 1 aliphatic heterocycles. The van der Waals surface area contributed by atoms with Crippen molar-refractivity contribution in [2.24, 2.45) is 5.92 Å². The van der Waals surface area contributed by atoms with E-state index in [-0.39, 0.29) is 18.1 Å². The van der Waals surface area contributed by atoms with Crippen molar-refractivity contribution < 1.29 is 19.6 Å². The molecule has 102 valence electrons. The highest BCUT2D eigenvalue weighted by molar-refractivity contribution is 5.93. The predicted octanol–water partition coefficient (Wildman–Crippen LogP) is 0.860. The minimum atomic E-state index is -0.921. The van der Waals surface area contributed by atoms with Crippen molar-refractivity contribution in [2.75, 3.05) is 13.1 Å². The second-order valence-corrected chi connectivity index (χ2v) is 4.44. The number of nitro groups is 1. The Morgan fingerprint density at radius 3 is 2.79 bits per heavy atom. The molecule has 0 unspecified atom stereocenters. The van der Waals surface area contributed by atoms with Crippen molar-refractivity contribution in [1.29, 1.82) is 0 Å². The average molecular weight is 267 g/mol. The van der Waals surface area contributed by atoms with Gasteiger partial charge in [0.2, 0.25) is 0 Å². The van der Waals surface area contributed by atoms with Crippen molar-refractivity contribution in [3.63, 3.8) is 0 Å². The number of aliphatic carboxylic acids is 1. The number of nitrogens with one attached hydrogen (secondary N) is 1. The monoisotopic (exact) mass is 267 g/mol. The van der Waals surface area contributed by atoms with Crippen molar-refractivity contribution in [3.05, 3.63) is 27.9 Å². The molecule has 8 heteroatoms. The van der Waals surface area contributed by atoms with Crippen molar-refractivity contribution in [2.45, 2.75) is 12.8 Å². The quantitative estimate of drug-likeness (QED) is 0.622. The van der Waals surface area contributed by atoms with Crippen LogP contribution in [0.1, 0.15) is 23.3 Å². The molecule has 1 aromatic rings. The Morgan fingerprint density at radius 2 is 2.21 bits per heavy atom. The fourth-order valence-corrected chi connectivity index (χ4v) is 2.15. The fourth-order valence-electron chi connectivity index (χ4n) is 2.15. The van der Waals surface area contributed by atoms with Gasteiger partial charge < -0.3 is 20.1 Å². The average Bonchev–Trinajstić information content (AvgIpc) is 2.87. The number of piperidine rings is 1. The van der Waals surface area contributed by atoms with Crippen LogP contribution >= 0.6 is 0 Å². The third-order valence-electron chi connectivity index (χ3n) is 3.16. The Hall–Kier alpha value is -2.38. The van der Waals surface area contributed by atoms with E-state index in [1.54, 1.807) is 0 Å². The third kappa shape index (κ3) is 2.72. The number of carboxylic acid groups (broad SMARTS) is 1. The smallest absolute Gasteiger partial charge is 0.321 e. The summed E-state index contributed by atoms with van der Waals surface area (Å²) in [5.74, 6) is -2.15. The molecule has 8 nitrogen and oxygen atoms in total. The molecule has 1 atom stereocenters. The summed E-state index contributed by atoms with van der Waals surface area (Å²) in [6.07, 6.45) is 1.16. The summed E-state index contributed by atoms with van der Waals surface area (Å²) in [5, 5.41) is 19.5. The zero-order chi connectivity index (χ0) is 14.0. The van der Waals surface area contributed by atoms with Crippen LogP contribution in [0.15, 0.2) is 12.1 Å². The van der Waals surface area contributed by atoms with Gasteiger partial charge in [0.1, 0.15) is 0 Å². The van der Waals surface area contributed by atoms with E-state index in [1.807, 2.05) is 0 Å². The van der Waals surface area contributed by atoms with Crippen molar-refractivity contribution in [1.82, 2.24) is 9.88 Å². The normalized spacial score (nSPS) is 19.2. The lowest BCUT2D eigenvalue weighted by Crippen LogP contribution is -2.42. The Balaban J connectivity index is 2.10. The number of hydrogen-bond donors (Lipinski definition) is 2. The number of rotatable bonds is 3. The topological polar surface area (TPSA) is 117 Å². The van der Waals surface area contributed by atoms with Gasteiger partial charge in [0.25, 0.3) is 5.91 Å². The number of aromatic nitrogens is 1. The van der Waals surface area contributed by atoms with E-state index in [1.165, 1.54) is 17.0 Å². The highest BCUT2D eigenvalue weighted by atomic mass is 16.6. The molecule has 0 bridgehead atoms.